The van der Waals surface area contributed by atoms with E-state index in [1.165, 1.54) is 4.90 Å². The summed E-state index contributed by atoms with van der Waals surface area (Å²) in [6.45, 7) is 4.04. The minimum atomic E-state index is -0.862. The van der Waals surface area contributed by atoms with E-state index < -0.39 is 17.5 Å². The van der Waals surface area contributed by atoms with Crippen LogP contribution in [0.2, 0.25) is 0 Å². The number of piperazine rings is 1. The maximum atomic E-state index is 13.6. The van der Waals surface area contributed by atoms with Crippen molar-refractivity contribution >= 4 is 11.9 Å². The van der Waals surface area contributed by atoms with Crippen molar-refractivity contribution < 1.29 is 23.1 Å². The van der Waals surface area contributed by atoms with Crippen LogP contribution in [0.25, 0.3) is 0 Å². The number of amides is 1. The monoisotopic (exact) mass is 312 g/mol. The van der Waals surface area contributed by atoms with Gasteiger partial charge in [0.05, 0.1) is 18.7 Å². The van der Waals surface area contributed by atoms with E-state index in [1.54, 1.807) is 6.92 Å². The number of rotatable bonds is 4. The molecule has 0 atom stereocenters. The summed E-state index contributed by atoms with van der Waals surface area (Å²) < 4.78 is 31.4. The molecule has 0 unspecified atom stereocenters. The molecule has 22 heavy (non-hydrogen) atoms. The number of hydrogen-bond donors (Lipinski definition) is 0. The van der Waals surface area contributed by atoms with E-state index in [9.17, 15) is 18.4 Å². The third-order valence-corrected chi connectivity index (χ3v) is 3.48. The molecule has 0 N–H and O–H groups in total. The zero-order chi connectivity index (χ0) is 16.1. The van der Waals surface area contributed by atoms with E-state index >= 15 is 0 Å². The Morgan fingerprint density at radius 2 is 1.86 bits per heavy atom. The summed E-state index contributed by atoms with van der Waals surface area (Å²) in [6.07, 6.45) is 0. The van der Waals surface area contributed by atoms with Crippen LogP contribution in [0.1, 0.15) is 17.3 Å². The van der Waals surface area contributed by atoms with Crippen molar-refractivity contribution in [2.75, 3.05) is 39.3 Å². The summed E-state index contributed by atoms with van der Waals surface area (Å²) in [6, 6.07) is 2.91. The second-order valence-corrected chi connectivity index (χ2v) is 5.00. The number of benzene rings is 1. The summed E-state index contributed by atoms with van der Waals surface area (Å²) >= 11 is 0. The quantitative estimate of drug-likeness (QED) is 0.786. The first kappa shape index (κ1) is 16.4. The van der Waals surface area contributed by atoms with Crippen LogP contribution in [0.15, 0.2) is 18.2 Å². The van der Waals surface area contributed by atoms with Crippen molar-refractivity contribution in [3.8, 4) is 0 Å². The molecule has 1 heterocycles. The first-order chi connectivity index (χ1) is 10.5. The summed E-state index contributed by atoms with van der Waals surface area (Å²) in [5, 5.41) is 0. The van der Waals surface area contributed by atoms with Crippen molar-refractivity contribution in [1.82, 2.24) is 9.80 Å². The van der Waals surface area contributed by atoms with E-state index in [0.29, 0.717) is 38.9 Å². The van der Waals surface area contributed by atoms with Crippen LogP contribution in [-0.2, 0) is 9.53 Å². The van der Waals surface area contributed by atoms with Gasteiger partial charge in [0.25, 0.3) is 5.91 Å². The summed E-state index contributed by atoms with van der Waals surface area (Å²) in [5.74, 6) is -2.34. The molecule has 1 aromatic carbocycles. The molecule has 0 aliphatic carbocycles. The highest BCUT2D eigenvalue weighted by Gasteiger charge is 2.25. The molecule has 5 nitrogen and oxygen atoms in total. The van der Waals surface area contributed by atoms with E-state index in [1.807, 2.05) is 4.90 Å². The fourth-order valence-electron chi connectivity index (χ4n) is 2.33. The predicted molar refractivity (Wildman–Crippen MR) is 75.3 cm³/mol. The maximum Gasteiger partial charge on any atom is 0.320 e. The molecule has 0 spiro atoms. The normalized spacial score (nSPS) is 15.7. The number of ether oxygens (including phenoxy) is 1. The molecular formula is C15H18F2N2O3. The molecule has 7 heteroatoms. The summed E-state index contributed by atoms with van der Waals surface area (Å²) in [5.41, 5.74) is -0.139. The van der Waals surface area contributed by atoms with Gasteiger partial charge in [-0.05, 0) is 19.1 Å². The van der Waals surface area contributed by atoms with Crippen LogP contribution in [0, 0.1) is 11.6 Å². The molecule has 2 rings (SSSR count). The average molecular weight is 312 g/mol. The molecule has 120 valence electrons. The van der Waals surface area contributed by atoms with Crippen molar-refractivity contribution in [3.05, 3.63) is 35.4 Å². The van der Waals surface area contributed by atoms with Crippen LogP contribution in [0.5, 0.6) is 0 Å². The molecule has 1 aromatic rings. The number of hydrogen-bond acceptors (Lipinski definition) is 4. The fourth-order valence-corrected chi connectivity index (χ4v) is 2.33. The molecular weight excluding hydrogens is 294 g/mol. The summed E-state index contributed by atoms with van der Waals surface area (Å²) in [7, 11) is 0. The molecule has 1 saturated heterocycles. The number of carbonyl (C=O) groups is 2. The van der Waals surface area contributed by atoms with Gasteiger partial charge >= 0.3 is 5.97 Å². The lowest BCUT2D eigenvalue weighted by Crippen LogP contribution is -2.50. The Balaban J connectivity index is 1.91. The Morgan fingerprint density at radius 3 is 2.45 bits per heavy atom. The van der Waals surface area contributed by atoms with Crippen molar-refractivity contribution in [2.24, 2.45) is 0 Å². The van der Waals surface area contributed by atoms with E-state index in [4.69, 9.17) is 4.74 Å². The van der Waals surface area contributed by atoms with Crippen LogP contribution >= 0.6 is 0 Å². The van der Waals surface area contributed by atoms with Gasteiger partial charge in [-0.1, -0.05) is 0 Å². The van der Waals surface area contributed by atoms with Crippen LogP contribution in [0.3, 0.4) is 0 Å². The molecule has 0 bridgehead atoms. The molecule has 0 radical (unpaired) electrons. The van der Waals surface area contributed by atoms with Crippen molar-refractivity contribution in [1.29, 1.82) is 0 Å². The largest absolute Gasteiger partial charge is 0.465 e. The SMILES string of the molecule is CCOC(=O)CN1CCN(C(=O)c2ccc(F)cc2F)CC1. The van der Waals surface area contributed by atoms with Gasteiger partial charge in [-0.15, -0.1) is 0 Å². The number of halogens is 2. The smallest absolute Gasteiger partial charge is 0.320 e. The second kappa shape index (κ2) is 7.31. The van der Waals surface area contributed by atoms with Gasteiger partial charge in [0.1, 0.15) is 11.6 Å². The third kappa shape index (κ3) is 4.00. The van der Waals surface area contributed by atoms with Gasteiger partial charge in [-0.3, -0.25) is 14.5 Å². The minimum Gasteiger partial charge on any atom is -0.465 e. The lowest BCUT2D eigenvalue weighted by atomic mass is 10.1. The van der Waals surface area contributed by atoms with Gasteiger partial charge in [-0.25, -0.2) is 8.78 Å². The highest BCUT2D eigenvalue weighted by Crippen LogP contribution is 2.14. The van der Waals surface area contributed by atoms with Gasteiger partial charge in [-0.2, -0.15) is 0 Å². The van der Waals surface area contributed by atoms with Gasteiger partial charge in [0.2, 0.25) is 0 Å². The highest BCUT2D eigenvalue weighted by atomic mass is 19.1. The topological polar surface area (TPSA) is 49.9 Å². The van der Waals surface area contributed by atoms with E-state index in [-0.39, 0.29) is 18.1 Å². The standard InChI is InChI=1S/C15H18F2N2O3/c1-2-22-14(20)10-18-5-7-19(8-6-18)15(21)12-4-3-11(16)9-13(12)17/h3-4,9H,2,5-8,10H2,1H3. The molecule has 0 aromatic heterocycles. The Labute approximate surface area is 127 Å². The van der Waals surface area contributed by atoms with Crippen molar-refractivity contribution in [2.45, 2.75) is 6.92 Å². The Bertz CT molecular complexity index is 558. The number of nitrogens with zero attached hydrogens (tertiary/aromatic N) is 2. The van der Waals surface area contributed by atoms with Crippen LogP contribution in [0.4, 0.5) is 8.78 Å². The van der Waals surface area contributed by atoms with Gasteiger partial charge < -0.3 is 9.64 Å². The highest BCUT2D eigenvalue weighted by molar-refractivity contribution is 5.94. The molecule has 0 saturated carbocycles. The zero-order valence-electron chi connectivity index (χ0n) is 12.3. The second-order valence-electron chi connectivity index (χ2n) is 5.00. The first-order valence-electron chi connectivity index (χ1n) is 7.13. The first-order valence-corrected chi connectivity index (χ1v) is 7.13. The summed E-state index contributed by atoms with van der Waals surface area (Å²) in [4.78, 5) is 27.0. The lowest BCUT2D eigenvalue weighted by molar-refractivity contribution is -0.144. The number of esters is 1. The van der Waals surface area contributed by atoms with Gasteiger partial charge in [0.15, 0.2) is 0 Å². The van der Waals surface area contributed by atoms with Crippen LogP contribution < -0.4 is 0 Å². The average Bonchev–Trinajstić information content (AvgIpc) is 2.47. The van der Waals surface area contributed by atoms with E-state index in [0.717, 1.165) is 12.1 Å². The Morgan fingerprint density at radius 1 is 1.18 bits per heavy atom. The predicted octanol–water partition coefficient (Wildman–Crippen LogP) is 1.29. The number of carbonyl (C=O) groups excluding carboxylic acids is 2. The maximum absolute atomic E-state index is 13.6. The molecule has 1 fully saturated rings. The molecule has 1 aliphatic rings. The third-order valence-electron chi connectivity index (χ3n) is 3.48. The minimum absolute atomic E-state index is 0.139. The van der Waals surface area contributed by atoms with Crippen molar-refractivity contribution in [3.63, 3.8) is 0 Å². The van der Waals surface area contributed by atoms with Gasteiger partial charge in [0, 0.05) is 32.2 Å². The zero-order valence-corrected chi connectivity index (χ0v) is 12.3. The Kier molecular flexibility index (Phi) is 5.43. The lowest BCUT2D eigenvalue weighted by Gasteiger charge is -2.34. The molecule has 1 amide bonds. The molecule has 1 aliphatic heterocycles. The Hall–Kier alpha value is -2.02. The van der Waals surface area contributed by atoms with E-state index in [2.05, 4.69) is 0 Å². The van der Waals surface area contributed by atoms with Crippen LogP contribution in [-0.4, -0.2) is 61.0 Å². The fraction of sp³-hybridized carbons (Fsp3) is 0.467.